The number of benzene rings is 2. The number of fused-ring (bicyclic) bond motifs is 1. The Kier molecular flexibility index (Phi) is 12.0. The molecule has 0 aliphatic carbocycles. The molecule has 278 valence electrons. The predicted octanol–water partition coefficient (Wildman–Crippen LogP) is 9.06. The van der Waals surface area contributed by atoms with Crippen molar-refractivity contribution in [1.82, 2.24) is 9.97 Å². The molecule has 1 amide bonds. The van der Waals surface area contributed by atoms with Crippen molar-refractivity contribution in [2.24, 2.45) is 0 Å². The first-order chi connectivity index (χ1) is 23.8. The van der Waals surface area contributed by atoms with Gasteiger partial charge in [-0.1, -0.05) is 6.92 Å². The van der Waals surface area contributed by atoms with Gasteiger partial charge in [0, 0.05) is 19.0 Å². The fourth-order valence-corrected chi connectivity index (χ4v) is 5.72. The number of carbonyl (C=O) groups excluding carboxylic acids is 1. The highest BCUT2D eigenvalue weighted by atomic mass is 19.4. The maximum atomic E-state index is 14.0. The summed E-state index contributed by atoms with van der Waals surface area (Å²) in [5.41, 5.74) is -4.92. The van der Waals surface area contributed by atoms with Gasteiger partial charge in [0.1, 0.15) is 0 Å². The molecule has 0 radical (unpaired) electrons. The van der Waals surface area contributed by atoms with Crippen molar-refractivity contribution < 1.29 is 63.7 Å². The Labute approximate surface area is 286 Å². The van der Waals surface area contributed by atoms with E-state index in [1.807, 2.05) is 0 Å². The molecule has 1 N–H and O–H groups in total. The van der Waals surface area contributed by atoms with E-state index in [-0.39, 0.29) is 61.5 Å². The van der Waals surface area contributed by atoms with Crippen LogP contribution in [0, 0.1) is 0 Å². The van der Waals surface area contributed by atoms with Gasteiger partial charge in [0.15, 0.2) is 5.75 Å². The lowest BCUT2D eigenvalue weighted by molar-refractivity contribution is -0.143. The molecule has 1 aromatic heterocycles. The summed E-state index contributed by atoms with van der Waals surface area (Å²) in [7, 11) is 0. The van der Waals surface area contributed by atoms with Gasteiger partial charge in [-0.05, 0) is 80.1 Å². The number of carboxylic acids is 1. The fraction of sp³-hybridized carbons (Fsp3) is 0.455. The van der Waals surface area contributed by atoms with Crippen molar-refractivity contribution in [3.05, 3.63) is 76.6 Å². The Bertz CT molecular complexity index is 1650. The first-order valence-corrected chi connectivity index (χ1v) is 15.7. The number of halogens is 9. The molecule has 9 nitrogen and oxygen atoms in total. The molecular weight excluding hydrogens is 703 g/mol. The Morgan fingerprint density at radius 1 is 0.882 bits per heavy atom. The predicted molar refractivity (Wildman–Crippen MR) is 164 cm³/mol. The highest BCUT2D eigenvalue weighted by Crippen LogP contribution is 2.46. The quantitative estimate of drug-likeness (QED) is 0.145. The minimum absolute atomic E-state index is 0.00381. The van der Waals surface area contributed by atoms with Crippen LogP contribution < -0.4 is 14.5 Å². The second kappa shape index (κ2) is 15.6. The maximum Gasteiger partial charge on any atom is 0.416 e. The molecule has 0 bridgehead atoms. The lowest BCUT2D eigenvalue weighted by Gasteiger charge is -2.44. The molecule has 0 unspecified atom stereocenters. The van der Waals surface area contributed by atoms with E-state index in [1.54, 1.807) is 6.92 Å². The van der Waals surface area contributed by atoms with Gasteiger partial charge >= 0.3 is 30.6 Å². The van der Waals surface area contributed by atoms with Gasteiger partial charge in [-0.25, -0.2) is 14.8 Å². The summed E-state index contributed by atoms with van der Waals surface area (Å²) >= 11 is 0. The third-order valence-corrected chi connectivity index (χ3v) is 8.07. The second-order valence-electron chi connectivity index (χ2n) is 11.6. The van der Waals surface area contributed by atoms with Gasteiger partial charge < -0.3 is 19.5 Å². The number of aliphatic carboxylic acids is 1. The average molecular weight is 737 g/mol. The number of nitrogens with zero attached hydrogens (tertiary/aromatic N) is 4. The average Bonchev–Trinajstić information content (AvgIpc) is 3.05. The van der Waals surface area contributed by atoms with Crippen LogP contribution in [0.15, 0.2) is 48.8 Å². The highest BCUT2D eigenvalue weighted by molar-refractivity contribution is 5.90. The van der Waals surface area contributed by atoms with E-state index < -0.39 is 71.5 Å². The van der Waals surface area contributed by atoms with Gasteiger partial charge in [-0.3, -0.25) is 9.69 Å². The standard InChI is InChI=1S/C33H33F9N4O5/c1-3-23-15-27(25-14-20(31(34,35)36)8-9-26(25)46(23)30(49)50-4-2)45(29-43-16-24(17-44-29)51-10-6-5-7-28(47)48)18-19-11-21(32(37,38)39)13-22(12-19)33(40,41)42/h8-9,11-14,16-17,23,27H,3-7,10,15,18H2,1-2H3,(H,47,48)/t23-,27+/m1/s1. The highest BCUT2D eigenvalue weighted by Gasteiger charge is 2.42. The van der Waals surface area contributed by atoms with Crippen LogP contribution in [0.5, 0.6) is 5.75 Å². The summed E-state index contributed by atoms with van der Waals surface area (Å²) in [6.45, 7) is 2.51. The second-order valence-corrected chi connectivity index (χ2v) is 11.6. The molecule has 0 spiro atoms. The smallest absolute Gasteiger partial charge is 0.416 e. The molecule has 0 saturated heterocycles. The van der Waals surface area contributed by atoms with E-state index in [1.165, 1.54) is 16.7 Å². The van der Waals surface area contributed by atoms with Crippen LogP contribution >= 0.6 is 0 Å². The molecule has 18 heteroatoms. The Morgan fingerprint density at radius 2 is 1.49 bits per heavy atom. The van der Waals surface area contributed by atoms with Crippen LogP contribution in [0.4, 0.5) is 55.9 Å². The molecule has 3 aromatic rings. The van der Waals surface area contributed by atoms with Crippen LogP contribution in [0.2, 0.25) is 0 Å². The molecule has 1 aliphatic rings. The van der Waals surface area contributed by atoms with Crippen molar-refractivity contribution in [2.75, 3.05) is 23.0 Å². The van der Waals surface area contributed by atoms with E-state index in [4.69, 9.17) is 14.6 Å². The van der Waals surface area contributed by atoms with E-state index in [0.717, 1.165) is 30.6 Å². The van der Waals surface area contributed by atoms with Crippen LogP contribution in [-0.4, -0.2) is 46.4 Å². The van der Waals surface area contributed by atoms with Crippen LogP contribution in [0.1, 0.15) is 79.8 Å². The number of anilines is 2. The number of carbonyl (C=O) groups is 2. The molecule has 4 rings (SSSR count). The Balaban J connectivity index is 1.87. The molecule has 2 heterocycles. The third kappa shape index (κ3) is 9.72. The van der Waals surface area contributed by atoms with Crippen molar-refractivity contribution in [2.45, 2.75) is 83.1 Å². The normalized spacial score (nSPS) is 16.4. The summed E-state index contributed by atoms with van der Waals surface area (Å²) in [5, 5.41) is 8.79. The van der Waals surface area contributed by atoms with E-state index in [2.05, 4.69) is 9.97 Å². The first-order valence-electron chi connectivity index (χ1n) is 15.7. The summed E-state index contributed by atoms with van der Waals surface area (Å²) in [6.07, 6.45) is -13.1. The van der Waals surface area contributed by atoms with Gasteiger partial charge in [0.05, 0.1) is 54.0 Å². The lowest BCUT2D eigenvalue weighted by atomic mass is 9.87. The van der Waals surface area contributed by atoms with E-state index >= 15 is 0 Å². The van der Waals surface area contributed by atoms with E-state index in [9.17, 15) is 49.1 Å². The SMILES string of the molecule is CCOC(=O)N1c2ccc(C(F)(F)F)cc2[C@@H](N(Cc2cc(C(F)(F)F)cc(C(F)(F)F)c2)c2ncc(OCCCCC(=O)O)cn2)C[C@H]1CC. The number of amides is 1. The number of hydrogen-bond donors (Lipinski definition) is 1. The molecule has 1 aliphatic heterocycles. The van der Waals surface area contributed by atoms with Crippen molar-refractivity contribution in [1.29, 1.82) is 0 Å². The lowest BCUT2D eigenvalue weighted by Crippen LogP contribution is -2.48. The Hall–Kier alpha value is -4.77. The summed E-state index contributed by atoms with van der Waals surface area (Å²) in [4.78, 5) is 34.7. The number of rotatable bonds is 12. The van der Waals surface area contributed by atoms with Crippen LogP contribution in [0.25, 0.3) is 0 Å². The van der Waals surface area contributed by atoms with Crippen molar-refractivity contribution >= 4 is 23.7 Å². The molecular formula is C33H33F9N4O5. The number of hydrogen-bond acceptors (Lipinski definition) is 7. The topological polar surface area (TPSA) is 105 Å². The number of ether oxygens (including phenoxy) is 2. The zero-order valence-corrected chi connectivity index (χ0v) is 27.2. The number of carboxylic acid groups (broad SMARTS) is 1. The fourth-order valence-electron chi connectivity index (χ4n) is 5.72. The molecule has 2 aromatic carbocycles. The molecule has 0 fully saturated rings. The van der Waals surface area contributed by atoms with Gasteiger partial charge in [0.2, 0.25) is 5.95 Å². The van der Waals surface area contributed by atoms with Gasteiger partial charge in [-0.2, -0.15) is 39.5 Å². The van der Waals surface area contributed by atoms with Crippen LogP contribution in [0.3, 0.4) is 0 Å². The van der Waals surface area contributed by atoms with Crippen LogP contribution in [-0.2, 0) is 34.6 Å². The maximum absolute atomic E-state index is 14.0. The van der Waals surface area contributed by atoms with Gasteiger partial charge in [-0.15, -0.1) is 0 Å². The molecule has 0 saturated carbocycles. The minimum atomic E-state index is -5.17. The summed E-state index contributed by atoms with van der Waals surface area (Å²) in [6, 6.07) is 1.63. The third-order valence-electron chi connectivity index (χ3n) is 8.07. The Morgan fingerprint density at radius 3 is 2.02 bits per heavy atom. The number of alkyl halides is 9. The molecule has 2 atom stereocenters. The van der Waals surface area contributed by atoms with E-state index in [0.29, 0.717) is 25.0 Å². The minimum Gasteiger partial charge on any atom is -0.490 e. The van der Waals surface area contributed by atoms with Crippen molar-refractivity contribution in [3.8, 4) is 5.75 Å². The monoisotopic (exact) mass is 736 g/mol. The zero-order valence-electron chi connectivity index (χ0n) is 27.2. The number of unbranched alkanes of at least 4 members (excludes halogenated alkanes) is 1. The van der Waals surface area contributed by atoms with Crippen molar-refractivity contribution in [3.63, 3.8) is 0 Å². The first kappa shape index (κ1) is 39.0. The molecule has 51 heavy (non-hydrogen) atoms. The number of aromatic nitrogens is 2. The largest absolute Gasteiger partial charge is 0.490 e. The summed E-state index contributed by atoms with van der Waals surface area (Å²) < 4.78 is 136. The summed E-state index contributed by atoms with van der Waals surface area (Å²) in [5.74, 6) is -1.17. The zero-order chi connectivity index (χ0) is 37.7. The van der Waals surface area contributed by atoms with Gasteiger partial charge in [0.25, 0.3) is 0 Å².